The van der Waals surface area contributed by atoms with Gasteiger partial charge in [0.2, 0.25) is 5.91 Å². The Balaban J connectivity index is 2.74. The van der Waals surface area contributed by atoms with Crippen LogP contribution in [0.4, 0.5) is 18.9 Å². The van der Waals surface area contributed by atoms with E-state index in [1.807, 2.05) is 13.8 Å². The number of ether oxygens (including phenoxy) is 1. The van der Waals surface area contributed by atoms with E-state index in [0.29, 0.717) is 0 Å². The van der Waals surface area contributed by atoms with E-state index in [2.05, 4.69) is 10.1 Å². The Hall–Kier alpha value is -1.76. The molecule has 0 aliphatic heterocycles. The highest BCUT2D eigenvalue weighted by molar-refractivity contribution is 5.94. The molecule has 3 N–H and O–H groups in total. The molecule has 7 heteroatoms. The number of carbonyl (C=O) groups is 1. The molecule has 0 saturated carbocycles. The molecule has 0 heterocycles. The predicted octanol–water partition coefficient (Wildman–Crippen LogP) is 2.74. The van der Waals surface area contributed by atoms with Crippen molar-refractivity contribution in [1.82, 2.24) is 0 Å². The van der Waals surface area contributed by atoms with Crippen LogP contribution in [-0.2, 0) is 4.79 Å². The highest BCUT2D eigenvalue weighted by Gasteiger charge is 2.20. The first-order chi connectivity index (χ1) is 9.35. The van der Waals surface area contributed by atoms with Crippen molar-refractivity contribution in [2.45, 2.75) is 32.9 Å². The van der Waals surface area contributed by atoms with Crippen LogP contribution in [0.5, 0.6) is 5.75 Å². The van der Waals surface area contributed by atoms with Gasteiger partial charge < -0.3 is 15.8 Å². The fraction of sp³-hybridized carbons (Fsp3) is 0.462. The molecule has 0 aliphatic carbocycles. The van der Waals surface area contributed by atoms with Crippen molar-refractivity contribution in [1.29, 1.82) is 0 Å². The number of benzene rings is 1. The van der Waals surface area contributed by atoms with E-state index >= 15 is 0 Å². The Morgan fingerprint density at radius 2 is 2.10 bits per heavy atom. The summed E-state index contributed by atoms with van der Waals surface area (Å²) in [5.41, 5.74) is 5.86. The maximum Gasteiger partial charge on any atom is 0.387 e. The lowest BCUT2D eigenvalue weighted by Crippen LogP contribution is -2.40. The van der Waals surface area contributed by atoms with Gasteiger partial charge in [0.1, 0.15) is 0 Å². The van der Waals surface area contributed by atoms with Gasteiger partial charge in [0.05, 0.1) is 6.04 Å². The molecule has 1 aromatic rings. The molecule has 0 fully saturated rings. The Kier molecular flexibility index (Phi) is 5.82. The van der Waals surface area contributed by atoms with Gasteiger partial charge in [0.25, 0.3) is 0 Å². The second kappa shape index (κ2) is 7.14. The first-order valence-corrected chi connectivity index (χ1v) is 6.16. The molecule has 0 unspecified atom stereocenters. The average molecular weight is 290 g/mol. The number of carbonyl (C=O) groups excluding carboxylic acids is 1. The average Bonchev–Trinajstić information content (AvgIpc) is 2.39. The van der Waals surface area contributed by atoms with Crippen LogP contribution >= 0.6 is 0 Å². The number of hydrogen-bond acceptors (Lipinski definition) is 3. The first kappa shape index (κ1) is 16.3. The SMILES string of the molecule is CC[C@H](C)[C@H](N)C(=O)Nc1ccc(OC(F)F)c(F)c1. The summed E-state index contributed by atoms with van der Waals surface area (Å²) in [5.74, 6) is -2.05. The second-order valence-corrected chi connectivity index (χ2v) is 4.42. The second-order valence-electron chi connectivity index (χ2n) is 4.42. The number of rotatable bonds is 6. The van der Waals surface area contributed by atoms with Gasteiger partial charge in [0.15, 0.2) is 11.6 Å². The van der Waals surface area contributed by atoms with Gasteiger partial charge in [-0.25, -0.2) is 4.39 Å². The molecule has 1 amide bonds. The van der Waals surface area contributed by atoms with E-state index in [1.165, 1.54) is 6.07 Å². The van der Waals surface area contributed by atoms with Crippen LogP contribution in [0.15, 0.2) is 18.2 Å². The molecule has 0 saturated heterocycles. The lowest BCUT2D eigenvalue weighted by molar-refractivity contribution is -0.118. The van der Waals surface area contributed by atoms with Crippen LogP contribution in [0.2, 0.25) is 0 Å². The Morgan fingerprint density at radius 3 is 2.60 bits per heavy atom. The van der Waals surface area contributed by atoms with Gasteiger partial charge >= 0.3 is 6.61 Å². The highest BCUT2D eigenvalue weighted by atomic mass is 19.3. The monoisotopic (exact) mass is 290 g/mol. The summed E-state index contributed by atoms with van der Waals surface area (Å²) in [6.07, 6.45) is 0.726. The third kappa shape index (κ3) is 4.41. The fourth-order valence-corrected chi connectivity index (χ4v) is 1.51. The number of amides is 1. The third-order valence-corrected chi connectivity index (χ3v) is 2.98. The smallest absolute Gasteiger partial charge is 0.387 e. The molecule has 112 valence electrons. The van der Waals surface area contributed by atoms with Crippen molar-refractivity contribution in [3.05, 3.63) is 24.0 Å². The van der Waals surface area contributed by atoms with Gasteiger partial charge in [0, 0.05) is 11.8 Å². The quantitative estimate of drug-likeness (QED) is 0.846. The molecular formula is C13H17F3N2O2. The molecule has 0 aromatic heterocycles. The van der Waals surface area contributed by atoms with Crippen LogP contribution < -0.4 is 15.8 Å². The van der Waals surface area contributed by atoms with Gasteiger partial charge in [-0.3, -0.25) is 4.79 Å². The Morgan fingerprint density at radius 1 is 1.45 bits per heavy atom. The maximum absolute atomic E-state index is 13.4. The molecule has 1 aromatic carbocycles. The van der Waals surface area contributed by atoms with E-state index in [0.717, 1.165) is 18.6 Å². The predicted molar refractivity (Wildman–Crippen MR) is 69.1 cm³/mol. The normalized spacial score (nSPS) is 13.9. The largest absolute Gasteiger partial charge is 0.432 e. The zero-order valence-corrected chi connectivity index (χ0v) is 11.2. The summed E-state index contributed by atoms with van der Waals surface area (Å²) in [4.78, 5) is 11.8. The summed E-state index contributed by atoms with van der Waals surface area (Å²) in [7, 11) is 0. The summed E-state index contributed by atoms with van der Waals surface area (Å²) < 4.78 is 41.3. The highest BCUT2D eigenvalue weighted by Crippen LogP contribution is 2.23. The molecular weight excluding hydrogens is 273 g/mol. The van der Waals surface area contributed by atoms with Crippen LogP contribution in [0, 0.1) is 11.7 Å². The van der Waals surface area contributed by atoms with Crippen molar-refractivity contribution in [3.8, 4) is 5.75 Å². The minimum Gasteiger partial charge on any atom is -0.432 e. The lowest BCUT2D eigenvalue weighted by Gasteiger charge is -2.18. The standard InChI is InChI=1S/C13H17F3N2O2/c1-3-7(2)11(17)12(19)18-8-4-5-10(9(14)6-8)20-13(15)16/h4-7,11,13H,3,17H2,1-2H3,(H,18,19)/t7-,11-/m0/s1. The van der Waals surface area contributed by atoms with Crippen molar-refractivity contribution in [2.75, 3.05) is 5.32 Å². The minimum absolute atomic E-state index is 0.0266. The van der Waals surface area contributed by atoms with E-state index in [-0.39, 0.29) is 11.6 Å². The maximum atomic E-state index is 13.4. The van der Waals surface area contributed by atoms with Gasteiger partial charge in [-0.2, -0.15) is 8.78 Å². The third-order valence-electron chi connectivity index (χ3n) is 2.98. The number of alkyl halides is 2. The zero-order valence-electron chi connectivity index (χ0n) is 11.2. The van der Waals surface area contributed by atoms with Crippen LogP contribution in [0.25, 0.3) is 0 Å². The number of halogens is 3. The van der Waals surface area contributed by atoms with Crippen molar-refractivity contribution in [2.24, 2.45) is 11.7 Å². The van der Waals surface area contributed by atoms with Crippen LogP contribution in [0.3, 0.4) is 0 Å². The molecule has 0 radical (unpaired) electrons. The summed E-state index contributed by atoms with van der Waals surface area (Å²) in [6.45, 7) is 0.613. The van der Waals surface area contributed by atoms with E-state index < -0.39 is 30.1 Å². The summed E-state index contributed by atoms with van der Waals surface area (Å²) in [6, 6.07) is 2.47. The summed E-state index contributed by atoms with van der Waals surface area (Å²) >= 11 is 0. The topological polar surface area (TPSA) is 64.4 Å². The Labute approximate surface area is 115 Å². The summed E-state index contributed by atoms with van der Waals surface area (Å²) in [5, 5.41) is 2.43. The van der Waals surface area contributed by atoms with Gasteiger partial charge in [-0.15, -0.1) is 0 Å². The molecule has 1 rings (SSSR count). The lowest BCUT2D eigenvalue weighted by atomic mass is 9.99. The van der Waals surface area contributed by atoms with E-state index in [1.54, 1.807) is 0 Å². The molecule has 20 heavy (non-hydrogen) atoms. The Bertz CT molecular complexity index is 469. The number of nitrogens with one attached hydrogen (secondary N) is 1. The molecule has 0 bridgehead atoms. The first-order valence-electron chi connectivity index (χ1n) is 6.16. The molecule has 2 atom stereocenters. The van der Waals surface area contributed by atoms with Crippen molar-refractivity contribution < 1.29 is 22.7 Å². The molecule has 0 aliphatic rings. The molecule has 0 spiro atoms. The number of nitrogens with two attached hydrogens (primary N) is 1. The van der Waals surface area contributed by atoms with Crippen LogP contribution in [-0.4, -0.2) is 18.6 Å². The number of hydrogen-bond donors (Lipinski definition) is 2. The van der Waals surface area contributed by atoms with Gasteiger partial charge in [-0.05, 0) is 18.1 Å². The molecule has 4 nitrogen and oxygen atoms in total. The van der Waals surface area contributed by atoms with Crippen molar-refractivity contribution >= 4 is 11.6 Å². The van der Waals surface area contributed by atoms with Crippen molar-refractivity contribution in [3.63, 3.8) is 0 Å². The van der Waals surface area contributed by atoms with Gasteiger partial charge in [-0.1, -0.05) is 20.3 Å². The fourth-order valence-electron chi connectivity index (χ4n) is 1.51. The number of anilines is 1. The van der Waals surface area contributed by atoms with Crippen LogP contribution in [0.1, 0.15) is 20.3 Å². The van der Waals surface area contributed by atoms with E-state index in [9.17, 15) is 18.0 Å². The zero-order chi connectivity index (χ0) is 15.3. The van der Waals surface area contributed by atoms with E-state index in [4.69, 9.17) is 5.73 Å². The minimum atomic E-state index is -3.11.